The minimum absolute atomic E-state index is 0.123. The number of hydrogen-bond donors (Lipinski definition) is 1. The van der Waals surface area contributed by atoms with Crippen molar-refractivity contribution >= 4 is 34.8 Å². The summed E-state index contributed by atoms with van der Waals surface area (Å²) in [5.41, 5.74) is 3.69. The third-order valence-electron chi connectivity index (χ3n) is 7.96. The first-order valence-corrected chi connectivity index (χ1v) is 12.3. The number of rotatable bonds is 4. The molecule has 0 aromatic heterocycles. The second kappa shape index (κ2) is 8.12. The van der Waals surface area contributed by atoms with Crippen LogP contribution in [0.5, 0.6) is 0 Å². The Morgan fingerprint density at radius 2 is 1.53 bits per heavy atom. The lowest BCUT2D eigenvalue weighted by Gasteiger charge is -2.31. The van der Waals surface area contributed by atoms with Gasteiger partial charge in [0.2, 0.25) is 11.8 Å². The molecule has 1 N–H and O–H groups in total. The normalized spacial score (nSPS) is 27.4. The molecule has 34 heavy (non-hydrogen) atoms. The fraction of sp³-hybridized carbons (Fsp3) is 0.393. The van der Waals surface area contributed by atoms with Crippen LogP contribution in [0.25, 0.3) is 0 Å². The van der Waals surface area contributed by atoms with E-state index in [1.165, 1.54) is 11.3 Å². The first kappa shape index (κ1) is 21.1. The second-order valence-corrected chi connectivity index (χ2v) is 10.1. The lowest BCUT2D eigenvalue weighted by Crippen LogP contribution is -2.34. The van der Waals surface area contributed by atoms with Crippen molar-refractivity contribution in [2.45, 2.75) is 32.6 Å². The van der Waals surface area contributed by atoms with Gasteiger partial charge in [-0.3, -0.25) is 14.4 Å². The van der Waals surface area contributed by atoms with Gasteiger partial charge in [0.1, 0.15) is 0 Å². The number of piperidine rings is 1. The van der Waals surface area contributed by atoms with Gasteiger partial charge >= 0.3 is 0 Å². The summed E-state index contributed by atoms with van der Waals surface area (Å²) in [6.45, 7) is 3.79. The van der Waals surface area contributed by atoms with E-state index in [1.807, 2.05) is 43.3 Å². The van der Waals surface area contributed by atoms with Crippen molar-refractivity contribution in [3.8, 4) is 0 Å². The first-order valence-electron chi connectivity index (χ1n) is 12.3. The van der Waals surface area contributed by atoms with Gasteiger partial charge in [-0.1, -0.05) is 29.8 Å². The molecule has 6 nitrogen and oxygen atoms in total. The highest BCUT2D eigenvalue weighted by molar-refractivity contribution is 6.23. The Labute approximate surface area is 199 Å². The summed E-state index contributed by atoms with van der Waals surface area (Å²) >= 11 is 0. The van der Waals surface area contributed by atoms with Crippen LogP contribution in [0.4, 0.5) is 17.1 Å². The molecule has 2 aromatic rings. The van der Waals surface area contributed by atoms with E-state index in [4.69, 9.17) is 0 Å². The molecule has 6 heteroatoms. The summed E-state index contributed by atoms with van der Waals surface area (Å²) in [4.78, 5) is 43.7. The van der Waals surface area contributed by atoms with Crippen LogP contribution >= 0.6 is 0 Å². The highest BCUT2D eigenvalue weighted by Gasteiger charge is 2.59. The fourth-order valence-electron chi connectivity index (χ4n) is 6.25. The smallest absolute Gasteiger partial charge is 0.257 e. The van der Waals surface area contributed by atoms with Crippen LogP contribution in [0.15, 0.2) is 54.6 Å². The quantitative estimate of drug-likeness (QED) is 0.543. The lowest BCUT2D eigenvalue weighted by molar-refractivity contribution is -0.123. The largest absolute Gasteiger partial charge is 0.371 e. The molecule has 174 valence electrons. The van der Waals surface area contributed by atoms with E-state index in [0.717, 1.165) is 49.3 Å². The number of nitrogens with zero attached hydrogens (tertiary/aromatic N) is 2. The minimum atomic E-state index is -0.255. The molecular formula is C28H29N3O3. The van der Waals surface area contributed by atoms with Crippen LogP contribution in [0.2, 0.25) is 0 Å². The monoisotopic (exact) mass is 455 g/mol. The number of imide groups is 1. The SMILES string of the molecule is Cc1ccc(NC(=O)c2cc(N3C(=O)[C@H]4[C@H](C3=O)[C@H]3C=C[C@H]4C3)ccc2N2CCCCC2)cc1. The van der Waals surface area contributed by atoms with E-state index in [9.17, 15) is 14.4 Å². The number of fused-ring (bicyclic) bond motifs is 5. The van der Waals surface area contributed by atoms with Gasteiger partial charge in [-0.05, 0) is 74.8 Å². The molecule has 2 aliphatic heterocycles. The Bertz CT molecular complexity index is 1170. The van der Waals surface area contributed by atoms with Crippen molar-refractivity contribution in [1.29, 1.82) is 0 Å². The number of carbonyl (C=O) groups excluding carboxylic acids is 3. The number of carbonyl (C=O) groups is 3. The molecular weight excluding hydrogens is 426 g/mol. The van der Waals surface area contributed by atoms with Crippen LogP contribution < -0.4 is 15.1 Å². The van der Waals surface area contributed by atoms with Gasteiger partial charge < -0.3 is 10.2 Å². The van der Waals surface area contributed by atoms with Gasteiger partial charge in [0.25, 0.3) is 5.91 Å². The third-order valence-corrected chi connectivity index (χ3v) is 7.96. The van der Waals surface area contributed by atoms with Crippen molar-refractivity contribution in [3.63, 3.8) is 0 Å². The van der Waals surface area contributed by atoms with Crippen molar-refractivity contribution in [3.05, 3.63) is 65.7 Å². The van der Waals surface area contributed by atoms with Gasteiger partial charge in [0.15, 0.2) is 0 Å². The Kier molecular flexibility index (Phi) is 5.05. The van der Waals surface area contributed by atoms with Crippen LogP contribution in [-0.4, -0.2) is 30.8 Å². The zero-order chi connectivity index (χ0) is 23.4. The molecule has 2 bridgehead atoms. The van der Waals surface area contributed by atoms with E-state index in [2.05, 4.69) is 22.4 Å². The second-order valence-electron chi connectivity index (χ2n) is 10.1. The van der Waals surface area contributed by atoms with Crippen LogP contribution in [0.3, 0.4) is 0 Å². The molecule has 6 rings (SSSR count). The lowest BCUT2D eigenvalue weighted by atomic mass is 9.85. The molecule has 4 aliphatic rings. The fourth-order valence-corrected chi connectivity index (χ4v) is 6.25. The van der Waals surface area contributed by atoms with E-state index >= 15 is 0 Å². The summed E-state index contributed by atoms with van der Waals surface area (Å²) in [6.07, 6.45) is 8.46. The van der Waals surface area contributed by atoms with E-state index < -0.39 is 0 Å². The standard InChI is InChI=1S/C28H29N3O3/c1-17-5-9-20(10-6-17)29-26(32)22-16-21(11-12-23(22)30-13-3-2-4-14-30)31-27(33)24-18-7-8-19(15-18)25(24)28(31)34/h5-12,16,18-19,24-25H,2-4,13-15H2,1H3,(H,29,32)/t18-,19-,24+,25+/m0/s1. The summed E-state index contributed by atoms with van der Waals surface area (Å²) in [7, 11) is 0. The molecule has 2 heterocycles. The maximum absolute atomic E-state index is 13.5. The van der Waals surface area contributed by atoms with Crippen LogP contribution in [0, 0.1) is 30.6 Å². The number of amides is 3. The molecule has 2 aliphatic carbocycles. The van der Waals surface area contributed by atoms with Gasteiger partial charge in [-0.2, -0.15) is 0 Å². The minimum Gasteiger partial charge on any atom is -0.371 e. The zero-order valence-electron chi connectivity index (χ0n) is 19.4. The molecule has 1 saturated carbocycles. The number of nitrogens with one attached hydrogen (secondary N) is 1. The molecule has 4 atom stereocenters. The molecule has 0 radical (unpaired) electrons. The predicted octanol–water partition coefficient (Wildman–Crippen LogP) is 4.55. The maximum atomic E-state index is 13.5. The molecule has 0 unspecified atom stereocenters. The number of anilines is 3. The highest BCUT2D eigenvalue weighted by atomic mass is 16.2. The highest BCUT2D eigenvalue weighted by Crippen LogP contribution is 2.53. The predicted molar refractivity (Wildman–Crippen MR) is 132 cm³/mol. The Hall–Kier alpha value is -3.41. The Balaban J connectivity index is 1.35. The zero-order valence-corrected chi connectivity index (χ0v) is 19.4. The average Bonchev–Trinajstić information content (AvgIpc) is 3.54. The maximum Gasteiger partial charge on any atom is 0.257 e. The summed E-state index contributed by atoms with van der Waals surface area (Å²) < 4.78 is 0. The third kappa shape index (κ3) is 3.35. The van der Waals surface area contributed by atoms with Crippen molar-refractivity contribution in [2.75, 3.05) is 28.2 Å². The summed E-state index contributed by atoms with van der Waals surface area (Å²) in [5.74, 6) is -0.665. The molecule has 2 aromatic carbocycles. The number of benzene rings is 2. The topological polar surface area (TPSA) is 69.7 Å². The number of allylic oxidation sites excluding steroid dienone is 2. The Morgan fingerprint density at radius 3 is 2.18 bits per heavy atom. The molecule has 0 spiro atoms. The molecule has 3 amide bonds. The van der Waals surface area contributed by atoms with E-state index in [-0.39, 0.29) is 41.4 Å². The van der Waals surface area contributed by atoms with Gasteiger partial charge in [-0.15, -0.1) is 0 Å². The van der Waals surface area contributed by atoms with Crippen LogP contribution in [0.1, 0.15) is 41.6 Å². The average molecular weight is 456 g/mol. The van der Waals surface area contributed by atoms with Crippen molar-refractivity contribution < 1.29 is 14.4 Å². The molecule has 2 saturated heterocycles. The van der Waals surface area contributed by atoms with Gasteiger partial charge in [0.05, 0.1) is 23.1 Å². The first-order chi connectivity index (χ1) is 16.5. The van der Waals surface area contributed by atoms with Crippen molar-refractivity contribution in [1.82, 2.24) is 0 Å². The van der Waals surface area contributed by atoms with Gasteiger partial charge in [-0.25, -0.2) is 4.90 Å². The van der Waals surface area contributed by atoms with Crippen molar-refractivity contribution in [2.24, 2.45) is 23.7 Å². The Morgan fingerprint density at radius 1 is 0.882 bits per heavy atom. The summed E-state index contributed by atoms with van der Waals surface area (Å²) in [6, 6.07) is 13.2. The van der Waals surface area contributed by atoms with E-state index in [1.54, 1.807) is 6.07 Å². The van der Waals surface area contributed by atoms with Crippen LogP contribution in [-0.2, 0) is 9.59 Å². The number of hydrogen-bond acceptors (Lipinski definition) is 4. The van der Waals surface area contributed by atoms with Gasteiger partial charge in [0, 0.05) is 24.5 Å². The number of aryl methyl sites for hydroxylation is 1. The molecule has 3 fully saturated rings. The summed E-state index contributed by atoms with van der Waals surface area (Å²) in [5, 5.41) is 3.01. The van der Waals surface area contributed by atoms with E-state index in [0.29, 0.717) is 11.3 Å².